The SMILES string of the molecule is CC(C)C[n+]1nc2c(-c3ccc(N(c4ccccc4)c4ccccc4)cc3)c3nc4c5ccccc5c5ccccc5c4nc3c(-c3ccc(N(c4ccccc4)c4ccc(C(=O)c5ccc(C(C)(C)C)cc5)cc4)cc3)c2[n-]1. The summed E-state index contributed by atoms with van der Waals surface area (Å²) in [5.74, 6) is 0.278. The number of rotatable bonds is 12. The molecule has 382 valence electrons. The average Bonchev–Trinajstić information content (AvgIpc) is 4.16. The lowest BCUT2D eigenvalue weighted by Gasteiger charge is -2.26. The maximum absolute atomic E-state index is 13.8. The number of hydrogen-bond donors (Lipinski definition) is 0. The first-order chi connectivity index (χ1) is 38.6. The van der Waals surface area contributed by atoms with Crippen molar-refractivity contribution in [1.29, 1.82) is 0 Å². The van der Waals surface area contributed by atoms with Crippen LogP contribution in [0.15, 0.2) is 237 Å². The molecule has 11 aromatic carbocycles. The van der Waals surface area contributed by atoms with E-state index >= 15 is 0 Å². The van der Waals surface area contributed by atoms with E-state index in [1.807, 2.05) is 71.5 Å². The summed E-state index contributed by atoms with van der Waals surface area (Å²) < 4.78 is 0. The van der Waals surface area contributed by atoms with Gasteiger partial charge in [0.2, 0.25) is 0 Å². The van der Waals surface area contributed by atoms with E-state index in [9.17, 15) is 4.79 Å². The minimum Gasteiger partial charge on any atom is -0.311 e. The molecule has 0 amide bonds. The molecule has 0 fully saturated rings. The molecule has 0 bridgehead atoms. The second-order valence-electron chi connectivity index (χ2n) is 21.8. The van der Waals surface area contributed by atoms with E-state index < -0.39 is 0 Å². The van der Waals surface area contributed by atoms with Crippen molar-refractivity contribution in [2.45, 2.75) is 46.6 Å². The smallest absolute Gasteiger partial charge is 0.193 e. The highest BCUT2D eigenvalue weighted by Gasteiger charge is 2.25. The number of nitrogens with zero attached hydrogens (tertiary/aromatic N) is 7. The van der Waals surface area contributed by atoms with Gasteiger partial charge in [0.05, 0.1) is 22.1 Å². The van der Waals surface area contributed by atoms with Crippen LogP contribution in [0.1, 0.15) is 56.1 Å². The van der Waals surface area contributed by atoms with Crippen LogP contribution in [0.3, 0.4) is 0 Å². The maximum atomic E-state index is 13.8. The van der Waals surface area contributed by atoms with Gasteiger partial charge >= 0.3 is 0 Å². The maximum Gasteiger partial charge on any atom is 0.193 e. The Kier molecular flexibility index (Phi) is 12.3. The molecule has 0 aliphatic rings. The van der Waals surface area contributed by atoms with E-state index in [2.05, 4.69) is 214 Å². The number of anilines is 6. The highest BCUT2D eigenvalue weighted by molar-refractivity contribution is 6.26. The van der Waals surface area contributed by atoms with Crippen molar-refractivity contribution in [3.63, 3.8) is 0 Å². The quantitative estimate of drug-likeness (QED) is 0.0522. The second kappa shape index (κ2) is 20.0. The molecule has 0 saturated carbocycles. The number of hydrogen-bond acceptors (Lipinski definition) is 6. The number of benzene rings is 11. The third-order valence-corrected chi connectivity index (χ3v) is 15.0. The van der Waals surface area contributed by atoms with Crippen LogP contribution in [0.2, 0.25) is 0 Å². The molecule has 8 heteroatoms. The standard InChI is InChI=1S/C71H57N7O/c1-46(2)45-76-74-68-62(47-31-39-55(40-32-47)77(52-19-9-6-10-20-52)53-21-11-7-12-22-53)66-67(73-65-61-28-18-16-26-59(61)58-25-15-17-27-60(58)64(65)72-66)63(69(68)75-76)48-33-41-56(42-34-48)78(54-23-13-8-14-24-54)57-43-35-50(36-44-57)70(79)49-29-37-51(38-30-49)71(3,4)5/h6-44,46H,45H2,1-5H3. The second-order valence-corrected chi connectivity index (χ2v) is 21.8. The van der Waals surface area contributed by atoms with Crippen molar-refractivity contribution in [2.75, 3.05) is 9.80 Å². The summed E-state index contributed by atoms with van der Waals surface area (Å²) in [7, 11) is 0. The van der Waals surface area contributed by atoms with Gasteiger partial charge in [-0.2, -0.15) is 15.0 Å². The van der Waals surface area contributed by atoms with Crippen LogP contribution >= 0.6 is 0 Å². The molecule has 0 unspecified atom stereocenters. The molecule has 0 aliphatic heterocycles. The Morgan fingerprint density at radius 2 is 0.797 bits per heavy atom. The summed E-state index contributed by atoms with van der Waals surface area (Å²) in [5.41, 5.74) is 16.8. The molecular formula is C71H57N7O. The molecule has 13 aromatic rings. The minimum absolute atomic E-state index is 0.00158. The Bertz CT molecular complexity index is 4340. The van der Waals surface area contributed by atoms with Crippen molar-refractivity contribution < 1.29 is 9.59 Å². The molecule has 0 radical (unpaired) electrons. The topological polar surface area (TPSA) is 80.2 Å². The van der Waals surface area contributed by atoms with Crippen LogP contribution in [-0.2, 0) is 12.0 Å². The largest absolute Gasteiger partial charge is 0.311 e. The van der Waals surface area contributed by atoms with Gasteiger partial charge in [-0.3, -0.25) is 4.79 Å². The molecule has 0 spiro atoms. The van der Waals surface area contributed by atoms with Crippen molar-refractivity contribution >= 4 is 94.6 Å². The van der Waals surface area contributed by atoms with E-state index in [-0.39, 0.29) is 17.1 Å². The summed E-state index contributed by atoms with van der Waals surface area (Å²) in [5, 5.41) is 15.1. The normalized spacial score (nSPS) is 11.8. The van der Waals surface area contributed by atoms with Crippen molar-refractivity contribution in [1.82, 2.24) is 20.2 Å². The molecule has 79 heavy (non-hydrogen) atoms. The predicted octanol–water partition coefficient (Wildman–Crippen LogP) is 17.3. The summed E-state index contributed by atoms with van der Waals surface area (Å²) in [4.78, 5) is 31.8. The molecule has 13 rings (SSSR count). The molecule has 2 aromatic heterocycles. The molecule has 0 aliphatic carbocycles. The van der Waals surface area contributed by atoms with Crippen LogP contribution in [0.5, 0.6) is 0 Å². The first kappa shape index (κ1) is 48.8. The van der Waals surface area contributed by atoms with Gasteiger partial charge in [0.25, 0.3) is 0 Å². The zero-order chi connectivity index (χ0) is 53.8. The minimum atomic E-state index is -0.00986. The number of ketones is 1. The third-order valence-electron chi connectivity index (χ3n) is 15.0. The zero-order valence-electron chi connectivity index (χ0n) is 44.8. The number of aromatic nitrogens is 5. The van der Waals surface area contributed by atoms with Crippen LogP contribution in [-0.4, -0.2) is 20.8 Å². The van der Waals surface area contributed by atoms with Gasteiger partial charge < -0.3 is 9.80 Å². The Labute approximate surface area is 459 Å². The van der Waals surface area contributed by atoms with Crippen LogP contribution in [0, 0.1) is 5.92 Å². The Hall–Kier alpha value is -9.79. The Morgan fingerprint density at radius 3 is 1.23 bits per heavy atom. The lowest BCUT2D eigenvalue weighted by Crippen LogP contribution is -2.42. The molecular weight excluding hydrogens is 967 g/mol. The van der Waals surface area contributed by atoms with E-state index in [0.717, 1.165) is 111 Å². The van der Waals surface area contributed by atoms with Crippen LogP contribution in [0.4, 0.5) is 34.1 Å². The van der Waals surface area contributed by atoms with Gasteiger partial charge in [-0.25, -0.2) is 9.97 Å². The van der Waals surface area contributed by atoms with E-state index in [0.29, 0.717) is 17.7 Å². The monoisotopic (exact) mass is 1020 g/mol. The highest BCUT2D eigenvalue weighted by atomic mass is 16.1. The fourth-order valence-corrected chi connectivity index (χ4v) is 11.1. The van der Waals surface area contributed by atoms with Gasteiger partial charge in [0.1, 0.15) is 0 Å². The van der Waals surface area contributed by atoms with Gasteiger partial charge in [0.15, 0.2) is 12.3 Å². The molecule has 0 saturated heterocycles. The fraction of sp³-hybridized carbons (Fsp3) is 0.113. The summed E-state index contributed by atoms with van der Waals surface area (Å²) in [6.07, 6.45) is 0. The van der Waals surface area contributed by atoms with Crippen LogP contribution < -0.4 is 19.7 Å². The summed E-state index contributed by atoms with van der Waals surface area (Å²) in [6.45, 7) is 11.6. The lowest BCUT2D eigenvalue weighted by molar-refractivity contribution is -0.808. The van der Waals surface area contributed by atoms with Gasteiger partial charge in [-0.1, -0.05) is 186 Å². The van der Waals surface area contributed by atoms with Gasteiger partial charge in [-0.05, 0) is 118 Å². The predicted molar refractivity (Wildman–Crippen MR) is 325 cm³/mol. The van der Waals surface area contributed by atoms with Crippen LogP contribution in [0.25, 0.3) is 76.9 Å². The van der Waals surface area contributed by atoms with Crippen molar-refractivity contribution in [3.8, 4) is 22.3 Å². The third kappa shape index (κ3) is 9.01. The average molecular weight is 1020 g/mol. The van der Waals surface area contributed by atoms with Crippen molar-refractivity contribution in [3.05, 3.63) is 253 Å². The van der Waals surface area contributed by atoms with Gasteiger partial charge in [0, 0.05) is 84.1 Å². The fourth-order valence-electron chi connectivity index (χ4n) is 11.1. The molecule has 2 heterocycles. The first-order valence-corrected chi connectivity index (χ1v) is 27.1. The van der Waals surface area contributed by atoms with E-state index in [1.165, 1.54) is 5.56 Å². The summed E-state index contributed by atoms with van der Waals surface area (Å²) in [6, 6.07) is 81.6. The molecule has 0 atom stereocenters. The number of carbonyl (C=O) groups is 1. The van der Waals surface area contributed by atoms with E-state index in [4.69, 9.17) is 20.2 Å². The molecule has 0 N–H and O–H groups in total. The number of para-hydroxylation sites is 3. The first-order valence-electron chi connectivity index (χ1n) is 27.1. The Morgan fingerprint density at radius 1 is 0.430 bits per heavy atom. The molecule has 8 nitrogen and oxygen atoms in total. The zero-order valence-corrected chi connectivity index (χ0v) is 44.8. The number of carbonyl (C=O) groups excluding carboxylic acids is 1. The van der Waals surface area contributed by atoms with E-state index in [1.54, 1.807) is 0 Å². The summed E-state index contributed by atoms with van der Waals surface area (Å²) >= 11 is 0. The highest BCUT2D eigenvalue weighted by Crippen LogP contribution is 2.45. The van der Waals surface area contributed by atoms with Crippen molar-refractivity contribution in [2.24, 2.45) is 5.92 Å². The Balaban J connectivity index is 0.996. The lowest BCUT2D eigenvalue weighted by atomic mass is 9.86. The number of fused-ring (bicyclic) bond motifs is 8. The van der Waals surface area contributed by atoms with Gasteiger partial charge in [-0.15, -0.1) is 0 Å².